The standard InChI is InChI=1S/C20H16ClN3O3/c21-15-8-6-14(7-9-15)16-12-17(18-4-3-11-27-18)24(22-16)20(26)13-23-10-2-1-5-19(23)25/h1-11,17H,12-13H2. The number of hydrazone groups is 1. The van der Waals surface area contributed by atoms with Crippen molar-refractivity contribution in [2.45, 2.75) is 19.0 Å². The second-order valence-corrected chi connectivity index (χ2v) is 6.63. The molecule has 4 rings (SSSR count). The molecule has 0 saturated carbocycles. The summed E-state index contributed by atoms with van der Waals surface area (Å²) in [5, 5.41) is 6.57. The van der Waals surface area contributed by atoms with Crippen LogP contribution in [0.25, 0.3) is 0 Å². The molecule has 3 heterocycles. The number of nitrogens with zero attached hydrogens (tertiary/aromatic N) is 3. The van der Waals surface area contributed by atoms with Crippen LogP contribution in [0.15, 0.2) is 81.4 Å². The van der Waals surface area contributed by atoms with E-state index in [1.54, 1.807) is 42.8 Å². The number of halogens is 1. The molecule has 7 heteroatoms. The molecule has 1 aromatic carbocycles. The average molecular weight is 382 g/mol. The molecule has 3 aromatic rings. The maximum absolute atomic E-state index is 12.9. The lowest BCUT2D eigenvalue weighted by Crippen LogP contribution is -2.33. The van der Waals surface area contributed by atoms with Gasteiger partial charge in [-0.2, -0.15) is 5.10 Å². The predicted molar refractivity (Wildman–Crippen MR) is 102 cm³/mol. The third-order valence-electron chi connectivity index (χ3n) is 4.42. The Morgan fingerprint density at radius 3 is 2.67 bits per heavy atom. The normalized spacial score (nSPS) is 16.4. The summed E-state index contributed by atoms with van der Waals surface area (Å²) in [6.45, 7) is -0.0890. The van der Waals surface area contributed by atoms with Crippen molar-refractivity contribution in [3.8, 4) is 0 Å². The van der Waals surface area contributed by atoms with Crippen LogP contribution in [0.4, 0.5) is 0 Å². The molecule has 0 bridgehead atoms. The minimum atomic E-state index is -0.349. The fourth-order valence-electron chi connectivity index (χ4n) is 3.07. The Morgan fingerprint density at radius 2 is 1.96 bits per heavy atom. The highest BCUT2D eigenvalue weighted by atomic mass is 35.5. The third-order valence-corrected chi connectivity index (χ3v) is 4.67. The highest BCUT2D eigenvalue weighted by Gasteiger charge is 2.34. The molecule has 0 fully saturated rings. The van der Waals surface area contributed by atoms with Gasteiger partial charge in [0.2, 0.25) is 0 Å². The van der Waals surface area contributed by atoms with Gasteiger partial charge in [-0.1, -0.05) is 29.8 Å². The fraction of sp³-hybridized carbons (Fsp3) is 0.150. The number of amides is 1. The number of hydrogen-bond donors (Lipinski definition) is 0. The van der Waals surface area contributed by atoms with Gasteiger partial charge in [-0.25, -0.2) is 5.01 Å². The van der Waals surface area contributed by atoms with Crippen molar-refractivity contribution in [1.29, 1.82) is 0 Å². The van der Waals surface area contributed by atoms with Crippen LogP contribution in [0.3, 0.4) is 0 Å². The van der Waals surface area contributed by atoms with E-state index >= 15 is 0 Å². The molecule has 2 aromatic heterocycles. The lowest BCUT2D eigenvalue weighted by molar-refractivity contribution is -0.134. The molecular formula is C20H16ClN3O3. The fourth-order valence-corrected chi connectivity index (χ4v) is 3.20. The maximum atomic E-state index is 12.9. The van der Waals surface area contributed by atoms with E-state index in [1.165, 1.54) is 15.6 Å². The number of aromatic nitrogens is 1. The molecular weight excluding hydrogens is 366 g/mol. The smallest absolute Gasteiger partial charge is 0.263 e. The van der Waals surface area contributed by atoms with Gasteiger partial charge in [-0.3, -0.25) is 9.59 Å². The van der Waals surface area contributed by atoms with Gasteiger partial charge in [-0.05, 0) is 35.9 Å². The Bertz CT molecular complexity index is 1040. The van der Waals surface area contributed by atoms with Gasteiger partial charge in [-0.15, -0.1) is 0 Å². The monoisotopic (exact) mass is 381 g/mol. The van der Waals surface area contributed by atoms with Gasteiger partial charge in [0, 0.05) is 23.7 Å². The summed E-state index contributed by atoms with van der Waals surface area (Å²) < 4.78 is 6.88. The van der Waals surface area contributed by atoms with Crippen LogP contribution in [0.1, 0.15) is 23.8 Å². The second kappa shape index (κ2) is 7.25. The van der Waals surface area contributed by atoms with Crippen LogP contribution < -0.4 is 5.56 Å². The number of hydrogen-bond acceptors (Lipinski definition) is 4. The summed E-state index contributed by atoms with van der Waals surface area (Å²) in [5.74, 6) is 0.366. The largest absolute Gasteiger partial charge is 0.467 e. The van der Waals surface area contributed by atoms with E-state index in [9.17, 15) is 9.59 Å². The Morgan fingerprint density at radius 1 is 1.15 bits per heavy atom. The Kier molecular flexibility index (Phi) is 4.64. The molecule has 1 aliphatic heterocycles. The van der Waals surface area contributed by atoms with Gasteiger partial charge in [0.25, 0.3) is 11.5 Å². The van der Waals surface area contributed by atoms with Crippen LogP contribution in [0, 0.1) is 0 Å². The quantitative estimate of drug-likeness (QED) is 0.694. The zero-order valence-corrected chi connectivity index (χ0v) is 15.0. The molecule has 1 atom stereocenters. The van der Waals surface area contributed by atoms with E-state index in [2.05, 4.69) is 5.10 Å². The van der Waals surface area contributed by atoms with E-state index in [0.717, 1.165) is 11.3 Å². The summed E-state index contributed by atoms with van der Waals surface area (Å²) in [6.07, 6.45) is 3.67. The molecule has 0 aliphatic carbocycles. The van der Waals surface area contributed by atoms with Gasteiger partial charge in [0.05, 0.1) is 12.0 Å². The van der Waals surface area contributed by atoms with Gasteiger partial charge in [0.15, 0.2) is 0 Å². The summed E-state index contributed by atoms with van der Waals surface area (Å²) in [4.78, 5) is 24.8. The van der Waals surface area contributed by atoms with Crippen LogP contribution in [0.2, 0.25) is 5.02 Å². The van der Waals surface area contributed by atoms with Crippen LogP contribution >= 0.6 is 11.6 Å². The van der Waals surface area contributed by atoms with Crippen molar-refractivity contribution in [2.24, 2.45) is 5.10 Å². The molecule has 27 heavy (non-hydrogen) atoms. The summed E-state index contributed by atoms with van der Waals surface area (Å²) >= 11 is 5.96. The van der Waals surface area contributed by atoms with Crippen molar-refractivity contribution in [2.75, 3.05) is 0 Å². The van der Waals surface area contributed by atoms with E-state index in [1.807, 2.05) is 18.2 Å². The number of pyridine rings is 1. The summed E-state index contributed by atoms with van der Waals surface area (Å²) in [6, 6.07) is 15.3. The van der Waals surface area contributed by atoms with Crippen molar-refractivity contribution < 1.29 is 9.21 Å². The van der Waals surface area contributed by atoms with E-state index in [0.29, 0.717) is 17.2 Å². The number of carbonyl (C=O) groups excluding carboxylic acids is 1. The minimum absolute atomic E-state index is 0.0890. The molecule has 1 amide bonds. The van der Waals surface area contributed by atoms with Crippen molar-refractivity contribution in [1.82, 2.24) is 9.58 Å². The molecule has 6 nitrogen and oxygen atoms in total. The summed E-state index contributed by atoms with van der Waals surface area (Å²) in [5.41, 5.74) is 1.42. The van der Waals surface area contributed by atoms with E-state index in [-0.39, 0.29) is 24.1 Å². The number of rotatable bonds is 4. The molecule has 1 aliphatic rings. The molecule has 0 spiro atoms. The Labute approximate surface area is 160 Å². The lowest BCUT2D eigenvalue weighted by Gasteiger charge is -2.20. The van der Waals surface area contributed by atoms with Crippen molar-refractivity contribution in [3.05, 3.63) is 93.8 Å². The number of carbonyl (C=O) groups is 1. The Balaban J connectivity index is 1.65. The van der Waals surface area contributed by atoms with Crippen molar-refractivity contribution >= 4 is 23.2 Å². The molecule has 1 unspecified atom stereocenters. The van der Waals surface area contributed by atoms with Gasteiger partial charge in [0.1, 0.15) is 18.3 Å². The van der Waals surface area contributed by atoms with E-state index in [4.69, 9.17) is 16.0 Å². The highest BCUT2D eigenvalue weighted by Crippen LogP contribution is 2.33. The van der Waals surface area contributed by atoms with Gasteiger partial charge >= 0.3 is 0 Å². The minimum Gasteiger partial charge on any atom is -0.467 e. The number of furan rings is 1. The first-order valence-electron chi connectivity index (χ1n) is 8.46. The third kappa shape index (κ3) is 3.57. The molecule has 136 valence electrons. The first-order valence-corrected chi connectivity index (χ1v) is 8.84. The van der Waals surface area contributed by atoms with Crippen LogP contribution in [-0.2, 0) is 11.3 Å². The van der Waals surface area contributed by atoms with Crippen LogP contribution in [0.5, 0.6) is 0 Å². The molecule has 0 saturated heterocycles. The predicted octanol–water partition coefficient (Wildman–Crippen LogP) is 3.47. The molecule has 0 radical (unpaired) electrons. The summed E-state index contributed by atoms with van der Waals surface area (Å²) in [7, 11) is 0. The van der Waals surface area contributed by atoms with Crippen LogP contribution in [-0.4, -0.2) is 21.2 Å². The maximum Gasteiger partial charge on any atom is 0.263 e. The average Bonchev–Trinajstić information content (AvgIpc) is 3.33. The zero-order valence-electron chi connectivity index (χ0n) is 14.3. The van der Waals surface area contributed by atoms with E-state index < -0.39 is 0 Å². The van der Waals surface area contributed by atoms with Crippen molar-refractivity contribution in [3.63, 3.8) is 0 Å². The number of benzene rings is 1. The first kappa shape index (κ1) is 17.3. The second-order valence-electron chi connectivity index (χ2n) is 6.19. The first-order chi connectivity index (χ1) is 13.1. The SMILES string of the molecule is O=C(Cn1ccccc1=O)N1N=C(c2ccc(Cl)cc2)CC1c1ccco1. The highest BCUT2D eigenvalue weighted by molar-refractivity contribution is 6.30. The topological polar surface area (TPSA) is 67.8 Å². The molecule has 0 N–H and O–H groups in total. The Hall–Kier alpha value is -3.12. The van der Waals surface area contributed by atoms with Gasteiger partial charge < -0.3 is 8.98 Å². The lowest BCUT2D eigenvalue weighted by atomic mass is 10.0. The zero-order chi connectivity index (χ0) is 18.8.